The van der Waals surface area contributed by atoms with Crippen molar-refractivity contribution in [1.29, 1.82) is 0 Å². The third kappa shape index (κ3) is 4.93. The van der Waals surface area contributed by atoms with Crippen molar-refractivity contribution in [3.05, 3.63) is 0 Å². The van der Waals surface area contributed by atoms with Crippen LogP contribution in [0.25, 0.3) is 0 Å². The van der Waals surface area contributed by atoms with E-state index in [1.54, 1.807) is 6.42 Å². The molecular weight excluding hydrogens is 326 g/mol. The standard InChI is InChI=1S/C26H49N/c1-6-9-10-13-22-21(15-14-19(4)7-2)17-23(22)24-18-25(24)27-26(8-3)16-11-12-20(26)5/h19-25,27H,6-18H2,1-5H3. The van der Waals surface area contributed by atoms with Gasteiger partial charge in [-0.1, -0.05) is 73.1 Å². The molecule has 3 aliphatic rings. The van der Waals surface area contributed by atoms with Gasteiger partial charge in [-0.05, 0) is 80.5 Å². The summed E-state index contributed by atoms with van der Waals surface area (Å²) < 4.78 is 0. The first-order valence-electron chi connectivity index (χ1n) is 12.8. The molecule has 1 nitrogen and oxygen atoms in total. The lowest BCUT2D eigenvalue weighted by Crippen LogP contribution is -2.49. The van der Waals surface area contributed by atoms with E-state index in [1.165, 1.54) is 77.0 Å². The zero-order valence-corrected chi connectivity index (χ0v) is 19.2. The van der Waals surface area contributed by atoms with E-state index in [4.69, 9.17) is 0 Å². The molecule has 158 valence electrons. The number of unbranched alkanes of at least 4 members (excludes halogenated alkanes) is 2. The van der Waals surface area contributed by atoms with Crippen molar-refractivity contribution in [2.45, 2.75) is 130 Å². The molecule has 8 unspecified atom stereocenters. The Kier molecular flexibility index (Phi) is 7.73. The van der Waals surface area contributed by atoms with Gasteiger partial charge in [0.05, 0.1) is 0 Å². The van der Waals surface area contributed by atoms with Gasteiger partial charge in [-0.3, -0.25) is 0 Å². The predicted molar refractivity (Wildman–Crippen MR) is 119 cm³/mol. The van der Waals surface area contributed by atoms with Crippen LogP contribution in [0.4, 0.5) is 0 Å². The predicted octanol–water partition coefficient (Wildman–Crippen LogP) is 7.59. The second kappa shape index (κ2) is 9.64. The first kappa shape index (κ1) is 21.7. The molecular formula is C26H49N. The molecule has 0 aromatic carbocycles. The smallest absolute Gasteiger partial charge is 0.0207 e. The molecule has 3 fully saturated rings. The van der Waals surface area contributed by atoms with Crippen LogP contribution >= 0.6 is 0 Å². The summed E-state index contributed by atoms with van der Waals surface area (Å²) in [4.78, 5) is 0. The Morgan fingerprint density at radius 1 is 1.04 bits per heavy atom. The van der Waals surface area contributed by atoms with E-state index < -0.39 is 0 Å². The van der Waals surface area contributed by atoms with Gasteiger partial charge in [-0.2, -0.15) is 0 Å². The summed E-state index contributed by atoms with van der Waals surface area (Å²) in [5.74, 6) is 6.03. The molecule has 0 heterocycles. The Morgan fingerprint density at radius 2 is 1.85 bits per heavy atom. The Bertz CT molecular complexity index is 445. The van der Waals surface area contributed by atoms with Crippen LogP contribution in [0.2, 0.25) is 0 Å². The molecule has 0 saturated heterocycles. The van der Waals surface area contributed by atoms with Crippen molar-refractivity contribution in [1.82, 2.24) is 5.32 Å². The van der Waals surface area contributed by atoms with Gasteiger partial charge in [0.2, 0.25) is 0 Å². The van der Waals surface area contributed by atoms with Crippen molar-refractivity contribution in [3.8, 4) is 0 Å². The highest BCUT2D eigenvalue weighted by atomic mass is 15.1. The van der Waals surface area contributed by atoms with Gasteiger partial charge in [0.1, 0.15) is 0 Å². The van der Waals surface area contributed by atoms with Crippen molar-refractivity contribution < 1.29 is 0 Å². The lowest BCUT2D eigenvalue weighted by molar-refractivity contribution is 0.0293. The normalized spacial score (nSPS) is 42.1. The van der Waals surface area contributed by atoms with Gasteiger partial charge in [-0.15, -0.1) is 0 Å². The number of rotatable bonds is 12. The zero-order chi connectivity index (χ0) is 19.4. The number of hydrogen-bond donors (Lipinski definition) is 1. The average molecular weight is 376 g/mol. The monoisotopic (exact) mass is 375 g/mol. The van der Waals surface area contributed by atoms with Crippen LogP contribution in [0, 0.1) is 35.5 Å². The van der Waals surface area contributed by atoms with Gasteiger partial charge in [0.25, 0.3) is 0 Å². The summed E-state index contributed by atoms with van der Waals surface area (Å²) in [5.41, 5.74) is 0.483. The summed E-state index contributed by atoms with van der Waals surface area (Å²) in [6.45, 7) is 12.1. The largest absolute Gasteiger partial charge is 0.308 e. The minimum Gasteiger partial charge on any atom is -0.308 e. The molecule has 1 heteroatoms. The Hall–Kier alpha value is -0.0400. The fourth-order valence-electron chi connectivity index (χ4n) is 6.77. The van der Waals surface area contributed by atoms with Gasteiger partial charge in [-0.25, -0.2) is 0 Å². The van der Waals surface area contributed by atoms with E-state index in [0.717, 1.165) is 41.5 Å². The zero-order valence-electron chi connectivity index (χ0n) is 19.2. The Balaban J connectivity index is 1.51. The maximum absolute atomic E-state index is 4.23. The molecule has 0 bridgehead atoms. The molecule has 0 aromatic heterocycles. The minimum atomic E-state index is 0.483. The first-order valence-corrected chi connectivity index (χ1v) is 12.8. The van der Waals surface area contributed by atoms with Crippen LogP contribution in [0.1, 0.15) is 118 Å². The SMILES string of the molecule is CCCCCC1C(CCC(C)CC)CC1C1CC1NC1(CC)CCCC1C. The van der Waals surface area contributed by atoms with Gasteiger partial charge >= 0.3 is 0 Å². The highest BCUT2D eigenvalue weighted by Gasteiger charge is 2.54. The Labute approximate surface area is 170 Å². The number of hydrogen-bond acceptors (Lipinski definition) is 1. The maximum atomic E-state index is 4.23. The molecule has 8 atom stereocenters. The second-order valence-corrected chi connectivity index (χ2v) is 10.9. The maximum Gasteiger partial charge on any atom is 0.0207 e. The number of nitrogens with one attached hydrogen (secondary N) is 1. The fraction of sp³-hybridized carbons (Fsp3) is 1.00. The average Bonchev–Trinajstić information content (AvgIpc) is 3.30. The van der Waals surface area contributed by atoms with Crippen LogP contribution < -0.4 is 5.32 Å². The summed E-state index contributed by atoms with van der Waals surface area (Å²) in [6, 6.07) is 0.861. The molecule has 1 N–H and O–H groups in total. The molecule has 0 amide bonds. The van der Waals surface area contributed by atoms with Crippen molar-refractivity contribution >= 4 is 0 Å². The van der Waals surface area contributed by atoms with Crippen LogP contribution in [-0.2, 0) is 0 Å². The molecule has 3 saturated carbocycles. The van der Waals surface area contributed by atoms with E-state index in [1.807, 2.05) is 0 Å². The van der Waals surface area contributed by atoms with Gasteiger partial charge < -0.3 is 5.32 Å². The van der Waals surface area contributed by atoms with E-state index >= 15 is 0 Å². The molecule has 3 rings (SSSR count). The van der Waals surface area contributed by atoms with Gasteiger partial charge in [0, 0.05) is 11.6 Å². The molecule has 0 radical (unpaired) electrons. The molecule has 27 heavy (non-hydrogen) atoms. The lowest BCUT2D eigenvalue weighted by atomic mass is 9.59. The summed E-state index contributed by atoms with van der Waals surface area (Å²) >= 11 is 0. The highest BCUT2D eigenvalue weighted by molar-refractivity contribution is 5.09. The third-order valence-electron chi connectivity index (χ3n) is 9.30. The van der Waals surface area contributed by atoms with E-state index in [9.17, 15) is 0 Å². The van der Waals surface area contributed by atoms with Crippen molar-refractivity contribution in [2.75, 3.05) is 0 Å². The highest BCUT2D eigenvalue weighted by Crippen LogP contribution is 2.57. The lowest BCUT2D eigenvalue weighted by Gasteiger charge is -2.47. The van der Waals surface area contributed by atoms with E-state index in [0.29, 0.717) is 5.54 Å². The topological polar surface area (TPSA) is 12.0 Å². The molecule has 0 aliphatic heterocycles. The van der Waals surface area contributed by atoms with Crippen LogP contribution in [0.15, 0.2) is 0 Å². The quantitative estimate of drug-likeness (QED) is 0.346. The van der Waals surface area contributed by atoms with Crippen LogP contribution in [0.5, 0.6) is 0 Å². The third-order valence-corrected chi connectivity index (χ3v) is 9.30. The summed E-state index contributed by atoms with van der Waals surface area (Å²) in [5, 5.41) is 4.23. The first-order chi connectivity index (χ1) is 13.0. The van der Waals surface area contributed by atoms with E-state index in [2.05, 4.69) is 39.9 Å². The molecule has 0 spiro atoms. The summed E-state index contributed by atoms with van der Waals surface area (Å²) in [7, 11) is 0. The van der Waals surface area contributed by atoms with E-state index in [-0.39, 0.29) is 0 Å². The van der Waals surface area contributed by atoms with Crippen LogP contribution in [0.3, 0.4) is 0 Å². The fourth-order valence-corrected chi connectivity index (χ4v) is 6.77. The second-order valence-electron chi connectivity index (χ2n) is 10.9. The minimum absolute atomic E-state index is 0.483. The Morgan fingerprint density at radius 3 is 2.48 bits per heavy atom. The van der Waals surface area contributed by atoms with Gasteiger partial charge in [0.15, 0.2) is 0 Å². The van der Waals surface area contributed by atoms with Crippen LogP contribution in [-0.4, -0.2) is 11.6 Å². The van der Waals surface area contributed by atoms with Crippen molar-refractivity contribution in [3.63, 3.8) is 0 Å². The molecule has 3 aliphatic carbocycles. The molecule has 0 aromatic rings. The summed E-state index contributed by atoms with van der Waals surface area (Å²) in [6.07, 6.45) is 18.9. The van der Waals surface area contributed by atoms with Crippen molar-refractivity contribution in [2.24, 2.45) is 35.5 Å².